The number of likely N-dealkylation sites (tertiary alicyclic amines) is 1. The lowest BCUT2D eigenvalue weighted by Gasteiger charge is -2.27. The first-order valence-electron chi connectivity index (χ1n) is 6.07. The van der Waals surface area contributed by atoms with Crippen molar-refractivity contribution in [3.05, 3.63) is 24.3 Å². The molecule has 0 aliphatic carbocycles. The fourth-order valence-electron chi connectivity index (χ4n) is 2.13. The molecule has 6 nitrogen and oxygen atoms in total. The Kier molecular flexibility index (Phi) is 2.70. The zero-order valence-electron chi connectivity index (χ0n) is 10.4. The zero-order valence-corrected chi connectivity index (χ0v) is 10.4. The van der Waals surface area contributed by atoms with Crippen LogP contribution in [-0.4, -0.2) is 34.8 Å². The number of rotatable bonds is 2. The molecule has 3 rings (SSSR count). The first-order chi connectivity index (χ1) is 9.15. The standard InChI is InChI=1S/C13H13N3O3/c1-16-11(17)7-6-9(12(16)18)15-13-14-8-4-2-3-5-10(8)19-13/h2-5,9H,6-7H2,1H3,(H,14,15). The van der Waals surface area contributed by atoms with Gasteiger partial charge in [0.15, 0.2) is 5.58 Å². The van der Waals surface area contributed by atoms with Gasteiger partial charge in [0.1, 0.15) is 11.6 Å². The Hall–Kier alpha value is -2.37. The number of nitrogens with zero attached hydrogens (tertiary/aromatic N) is 2. The number of hydrogen-bond acceptors (Lipinski definition) is 5. The van der Waals surface area contributed by atoms with Gasteiger partial charge in [-0.1, -0.05) is 12.1 Å². The molecule has 19 heavy (non-hydrogen) atoms. The van der Waals surface area contributed by atoms with E-state index in [9.17, 15) is 9.59 Å². The third-order valence-corrected chi connectivity index (χ3v) is 3.24. The molecule has 1 aromatic heterocycles. The van der Waals surface area contributed by atoms with Gasteiger partial charge in [-0.25, -0.2) is 0 Å². The van der Waals surface area contributed by atoms with Crippen LogP contribution in [0.3, 0.4) is 0 Å². The van der Waals surface area contributed by atoms with Crippen LogP contribution in [0.1, 0.15) is 12.8 Å². The second-order valence-electron chi connectivity index (χ2n) is 4.51. The number of piperidine rings is 1. The largest absolute Gasteiger partial charge is 0.424 e. The van der Waals surface area contributed by atoms with E-state index < -0.39 is 6.04 Å². The van der Waals surface area contributed by atoms with Crippen molar-refractivity contribution in [1.29, 1.82) is 0 Å². The Morgan fingerprint density at radius 2 is 2.16 bits per heavy atom. The number of benzene rings is 1. The lowest BCUT2D eigenvalue weighted by atomic mass is 10.1. The molecule has 1 aliphatic heterocycles. The first kappa shape index (κ1) is 11.7. The molecule has 1 aliphatic rings. The van der Waals surface area contributed by atoms with Gasteiger partial charge >= 0.3 is 0 Å². The van der Waals surface area contributed by atoms with Crippen LogP contribution in [0.4, 0.5) is 6.01 Å². The molecular weight excluding hydrogens is 246 g/mol. The minimum absolute atomic E-state index is 0.152. The maximum absolute atomic E-state index is 11.9. The number of carbonyl (C=O) groups is 2. The van der Waals surface area contributed by atoms with Crippen LogP contribution in [-0.2, 0) is 9.59 Å². The number of para-hydroxylation sites is 2. The zero-order chi connectivity index (χ0) is 13.4. The molecule has 1 atom stereocenters. The van der Waals surface area contributed by atoms with Gasteiger partial charge in [0.25, 0.3) is 11.9 Å². The molecule has 98 valence electrons. The number of imide groups is 1. The maximum Gasteiger partial charge on any atom is 0.296 e. The minimum atomic E-state index is -0.462. The summed E-state index contributed by atoms with van der Waals surface area (Å²) in [5, 5.41) is 2.95. The molecular formula is C13H13N3O3. The average molecular weight is 259 g/mol. The number of aromatic nitrogens is 1. The molecule has 0 saturated carbocycles. The van der Waals surface area contributed by atoms with Gasteiger partial charge in [0.2, 0.25) is 5.91 Å². The molecule has 6 heteroatoms. The van der Waals surface area contributed by atoms with Gasteiger partial charge in [-0.2, -0.15) is 4.98 Å². The van der Waals surface area contributed by atoms with Crippen molar-refractivity contribution in [2.45, 2.75) is 18.9 Å². The van der Waals surface area contributed by atoms with Crippen molar-refractivity contribution >= 4 is 28.9 Å². The van der Waals surface area contributed by atoms with E-state index in [-0.39, 0.29) is 11.8 Å². The average Bonchev–Trinajstić information content (AvgIpc) is 2.82. The third-order valence-electron chi connectivity index (χ3n) is 3.24. The van der Waals surface area contributed by atoms with Gasteiger partial charge in [-0.15, -0.1) is 0 Å². The van der Waals surface area contributed by atoms with Crippen molar-refractivity contribution in [3.63, 3.8) is 0 Å². The summed E-state index contributed by atoms with van der Waals surface area (Å²) in [5.41, 5.74) is 1.40. The van der Waals surface area contributed by atoms with Crippen LogP contribution in [0.5, 0.6) is 0 Å². The number of nitrogens with one attached hydrogen (secondary N) is 1. The number of anilines is 1. The summed E-state index contributed by atoms with van der Waals surface area (Å²) in [6.45, 7) is 0. The summed E-state index contributed by atoms with van der Waals surface area (Å²) in [4.78, 5) is 28.7. The molecule has 1 unspecified atom stereocenters. The molecule has 1 N–H and O–H groups in total. The van der Waals surface area contributed by atoms with Gasteiger partial charge in [0, 0.05) is 13.5 Å². The highest BCUT2D eigenvalue weighted by atomic mass is 16.4. The lowest BCUT2D eigenvalue weighted by Crippen LogP contribution is -2.48. The Labute approximate surface area is 109 Å². The lowest BCUT2D eigenvalue weighted by molar-refractivity contribution is -0.146. The molecule has 2 heterocycles. The van der Waals surface area contributed by atoms with Crippen LogP contribution >= 0.6 is 0 Å². The van der Waals surface area contributed by atoms with Gasteiger partial charge in [0.05, 0.1) is 0 Å². The van der Waals surface area contributed by atoms with Crippen LogP contribution in [0, 0.1) is 0 Å². The van der Waals surface area contributed by atoms with Gasteiger partial charge in [-0.05, 0) is 18.6 Å². The maximum atomic E-state index is 11.9. The topological polar surface area (TPSA) is 75.4 Å². The Bertz CT molecular complexity index is 616. The van der Waals surface area contributed by atoms with E-state index in [0.717, 1.165) is 10.4 Å². The van der Waals surface area contributed by atoms with E-state index in [1.165, 1.54) is 7.05 Å². The number of hydrogen-bond donors (Lipinski definition) is 1. The second kappa shape index (κ2) is 4.38. The van der Waals surface area contributed by atoms with E-state index in [0.29, 0.717) is 24.4 Å². The van der Waals surface area contributed by atoms with E-state index in [2.05, 4.69) is 10.3 Å². The summed E-state index contributed by atoms with van der Waals surface area (Å²) < 4.78 is 5.50. The van der Waals surface area contributed by atoms with Crippen LogP contribution < -0.4 is 5.32 Å². The monoisotopic (exact) mass is 259 g/mol. The van der Waals surface area contributed by atoms with Gasteiger partial charge < -0.3 is 9.73 Å². The van der Waals surface area contributed by atoms with E-state index in [4.69, 9.17) is 4.42 Å². The second-order valence-corrected chi connectivity index (χ2v) is 4.51. The van der Waals surface area contributed by atoms with E-state index in [1.54, 1.807) is 0 Å². The van der Waals surface area contributed by atoms with Crippen molar-refractivity contribution in [2.24, 2.45) is 0 Å². The summed E-state index contributed by atoms with van der Waals surface area (Å²) in [5.74, 6) is -0.404. The Balaban J connectivity index is 1.81. The summed E-state index contributed by atoms with van der Waals surface area (Å²) in [6.07, 6.45) is 0.806. The highest BCUT2D eigenvalue weighted by molar-refractivity contribution is 6.01. The molecule has 0 spiro atoms. The van der Waals surface area contributed by atoms with E-state index in [1.807, 2.05) is 24.3 Å². The highest BCUT2D eigenvalue weighted by Crippen LogP contribution is 2.21. The van der Waals surface area contributed by atoms with Crippen molar-refractivity contribution in [1.82, 2.24) is 9.88 Å². The van der Waals surface area contributed by atoms with Crippen molar-refractivity contribution < 1.29 is 14.0 Å². The van der Waals surface area contributed by atoms with Crippen molar-refractivity contribution in [2.75, 3.05) is 12.4 Å². The predicted molar refractivity (Wildman–Crippen MR) is 68.4 cm³/mol. The molecule has 1 fully saturated rings. The summed E-state index contributed by atoms with van der Waals surface area (Å²) >= 11 is 0. The Morgan fingerprint density at radius 1 is 1.37 bits per heavy atom. The first-order valence-corrected chi connectivity index (χ1v) is 6.07. The molecule has 1 saturated heterocycles. The SMILES string of the molecule is CN1C(=O)CCC(Nc2nc3ccccc3o2)C1=O. The normalized spacial score (nSPS) is 20.1. The fraction of sp³-hybridized carbons (Fsp3) is 0.308. The minimum Gasteiger partial charge on any atom is -0.424 e. The molecule has 0 bridgehead atoms. The number of carbonyl (C=O) groups excluding carboxylic acids is 2. The number of likely N-dealkylation sites (N-methyl/N-ethyl adjacent to an activating group) is 1. The fourth-order valence-corrected chi connectivity index (χ4v) is 2.13. The quantitative estimate of drug-likeness (QED) is 0.825. The Morgan fingerprint density at radius 3 is 2.95 bits per heavy atom. The molecule has 2 aromatic rings. The molecule has 1 aromatic carbocycles. The summed E-state index contributed by atoms with van der Waals surface area (Å²) in [7, 11) is 1.49. The van der Waals surface area contributed by atoms with Gasteiger partial charge in [-0.3, -0.25) is 14.5 Å². The third kappa shape index (κ3) is 2.05. The van der Waals surface area contributed by atoms with Crippen molar-refractivity contribution in [3.8, 4) is 0 Å². The molecule has 0 radical (unpaired) electrons. The van der Waals surface area contributed by atoms with Crippen LogP contribution in [0.2, 0.25) is 0 Å². The number of fused-ring (bicyclic) bond motifs is 1. The number of amides is 2. The highest BCUT2D eigenvalue weighted by Gasteiger charge is 2.32. The van der Waals surface area contributed by atoms with E-state index >= 15 is 0 Å². The number of oxazole rings is 1. The van der Waals surface area contributed by atoms with Crippen LogP contribution in [0.25, 0.3) is 11.1 Å². The van der Waals surface area contributed by atoms with Crippen LogP contribution in [0.15, 0.2) is 28.7 Å². The smallest absolute Gasteiger partial charge is 0.296 e. The predicted octanol–water partition coefficient (Wildman–Crippen LogP) is 1.39. The summed E-state index contributed by atoms with van der Waals surface area (Å²) in [6, 6.07) is 7.22. The molecule has 2 amide bonds.